The number of carbonyl (C=O) groups is 3. The minimum atomic E-state index is -3.63. The molecule has 0 spiro atoms. The molecule has 154 valence electrons. The minimum Gasteiger partial charge on any atom is -0.456 e. The molecule has 0 atom stereocenters. The number of ketones is 1. The fourth-order valence-corrected chi connectivity index (χ4v) is 4.62. The van der Waals surface area contributed by atoms with Crippen molar-refractivity contribution in [3.63, 3.8) is 0 Å². The number of esters is 1. The Labute approximate surface area is 165 Å². The molecule has 0 unspecified atom stereocenters. The standard InChI is InChI=1S/C19H26N2O6S/c1-14-4-5-15(2)17(12-14)28(25,26)21-10-8-20(9-11-21)18(23)13-27-19(24)7-6-16(3)22/h4-5,12H,6-11,13H2,1-3H3. The zero-order valence-electron chi connectivity index (χ0n) is 16.4. The van der Waals surface area contributed by atoms with E-state index in [1.807, 2.05) is 13.0 Å². The lowest BCUT2D eigenvalue weighted by Gasteiger charge is -2.34. The van der Waals surface area contributed by atoms with Crippen LogP contribution >= 0.6 is 0 Å². The Morgan fingerprint density at radius 1 is 1.04 bits per heavy atom. The van der Waals surface area contributed by atoms with Crippen molar-refractivity contribution in [3.8, 4) is 0 Å². The van der Waals surface area contributed by atoms with E-state index in [2.05, 4.69) is 0 Å². The fraction of sp³-hybridized carbons (Fsp3) is 0.526. The monoisotopic (exact) mass is 410 g/mol. The Hall–Kier alpha value is -2.26. The van der Waals surface area contributed by atoms with E-state index in [1.54, 1.807) is 19.1 Å². The molecule has 1 heterocycles. The lowest BCUT2D eigenvalue weighted by atomic mass is 10.2. The van der Waals surface area contributed by atoms with Crippen molar-refractivity contribution in [1.82, 2.24) is 9.21 Å². The molecule has 1 fully saturated rings. The highest BCUT2D eigenvalue weighted by atomic mass is 32.2. The summed E-state index contributed by atoms with van der Waals surface area (Å²) in [6.07, 6.45) is 0.0341. The van der Waals surface area contributed by atoms with Crippen LogP contribution in [0.3, 0.4) is 0 Å². The number of carbonyl (C=O) groups excluding carboxylic acids is 3. The number of benzene rings is 1. The molecule has 0 saturated carbocycles. The van der Waals surface area contributed by atoms with Gasteiger partial charge >= 0.3 is 5.97 Å². The van der Waals surface area contributed by atoms with Gasteiger partial charge in [0.1, 0.15) is 5.78 Å². The van der Waals surface area contributed by atoms with Crippen LogP contribution < -0.4 is 0 Å². The van der Waals surface area contributed by atoms with Gasteiger partial charge in [0.15, 0.2) is 6.61 Å². The maximum Gasteiger partial charge on any atom is 0.306 e. The minimum absolute atomic E-state index is 0.0511. The van der Waals surface area contributed by atoms with E-state index < -0.39 is 22.6 Å². The maximum absolute atomic E-state index is 12.9. The van der Waals surface area contributed by atoms with Crippen LogP contribution in [0, 0.1) is 13.8 Å². The number of sulfonamides is 1. The van der Waals surface area contributed by atoms with E-state index in [0.717, 1.165) is 5.56 Å². The van der Waals surface area contributed by atoms with Gasteiger partial charge in [0.2, 0.25) is 10.0 Å². The van der Waals surface area contributed by atoms with Gasteiger partial charge in [-0.2, -0.15) is 4.31 Å². The lowest BCUT2D eigenvalue weighted by Crippen LogP contribution is -2.51. The first kappa shape index (κ1) is 22.0. The zero-order chi connectivity index (χ0) is 20.9. The summed E-state index contributed by atoms with van der Waals surface area (Å²) >= 11 is 0. The highest BCUT2D eigenvalue weighted by Gasteiger charge is 2.31. The number of Topliss-reactive ketones (excluding diaryl/α,β-unsaturated/α-hetero) is 1. The highest BCUT2D eigenvalue weighted by molar-refractivity contribution is 7.89. The number of amides is 1. The first-order valence-corrected chi connectivity index (χ1v) is 10.6. The van der Waals surface area contributed by atoms with Gasteiger partial charge in [-0.25, -0.2) is 8.42 Å². The average molecular weight is 410 g/mol. The van der Waals surface area contributed by atoms with Gasteiger partial charge in [0.05, 0.1) is 11.3 Å². The van der Waals surface area contributed by atoms with Crippen molar-refractivity contribution in [2.24, 2.45) is 0 Å². The number of aryl methyl sites for hydroxylation is 2. The van der Waals surface area contributed by atoms with Gasteiger partial charge in [0, 0.05) is 32.6 Å². The number of hydrogen-bond donors (Lipinski definition) is 0. The van der Waals surface area contributed by atoms with Crippen molar-refractivity contribution in [3.05, 3.63) is 29.3 Å². The number of hydrogen-bond acceptors (Lipinski definition) is 6. The molecule has 1 aliphatic rings. The van der Waals surface area contributed by atoms with Crippen LogP contribution in [0.4, 0.5) is 0 Å². The Kier molecular flexibility index (Phi) is 7.31. The molecular formula is C19H26N2O6S. The Morgan fingerprint density at radius 3 is 2.29 bits per heavy atom. The summed E-state index contributed by atoms with van der Waals surface area (Å²) in [5.41, 5.74) is 1.55. The van der Waals surface area contributed by atoms with Gasteiger partial charge < -0.3 is 14.4 Å². The van der Waals surface area contributed by atoms with Crippen LogP contribution in [0.2, 0.25) is 0 Å². The Bertz CT molecular complexity index is 857. The first-order chi connectivity index (χ1) is 13.1. The fourth-order valence-electron chi connectivity index (χ4n) is 2.89. The summed E-state index contributed by atoms with van der Waals surface area (Å²) in [4.78, 5) is 36.3. The van der Waals surface area contributed by atoms with E-state index in [1.165, 1.54) is 16.1 Å². The van der Waals surface area contributed by atoms with Crippen molar-refractivity contribution >= 4 is 27.7 Å². The third kappa shape index (κ3) is 5.62. The predicted molar refractivity (Wildman–Crippen MR) is 102 cm³/mol. The van der Waals surface area contributed by atoms with Crippen molar-refractivity contribution < 1.29 is 27.5 Å². The van der Waals surface area contributed by atoms with E-state index in [9.17, 15) is 22.8 Å². The van der Waals surface area contributed by atoms with Gasteiger partial charge in [-0.05, 0) is 38.0 Å². The van der Waals surface area contributed by atoms with Crippen LogP contribution in [0.15, 0.2) is 23.1 Å². The molecule has 0 N–H and O–H groups in total. The summed E-state index contributed by atoms with van der Waals surface area (Å²) in [7, 11) is -3.63. The van der Waals surface area contributed by atoms with Crippen molar-refractivity contribution in [1.29, 1.82) is 0 Å². The maximum atomic E-state index is 12.9. The highest BCUT2D eigenvalue weighted by Crippen LogP contribution is 2.22. The summed E-state index contributed by atoms with van der Waals surface area (Å²) in [6.45, 7) is 5.39. The largest absolute Gasteiger partial charge is 0.456 e. The summed E-state index contributed by atoms with van der Waals surface area (Å²) in [5, 5.41) is 0. The third-order valence-corrected chi connectivity index (χ3v) is 6.63. The van der Waals surface area contributed by atoms with Crippen LogP contribution in [0.1, 0.15) is 30.9 Å². The smallest absolute Gasteiger partial charge is 0.306 e. The molecule has 2 rings (SSSR count). The number of piperazine rings is 1. The second-order valence-corrected chi connectivity index (χ2v) is 8.82. The molecule has 1 amide bonds. The summed E-state index contributed by atoms with van der Waals surface area (Å²) in [6, 6.07) is 5.30. The molecule has 1 aliphatic heterocycles. The predicted octanol–water partition coefficient (Wildman–Crippen LogP) is 1.05. The van der Waals surface area contributed by atoms with E-state index in [0.29, 0.717) is 5.56 Å². The van der Waals surface area contributed by atoms with Crippen molar-refractivity contribution in [2.45, 2.75) is 38.5 Å². The van der Waals surface area contributed by atoms with Crippen LogP contribution in [-0.4, -0.2) is 68.1 Å². The second-order valence-electron chi connectivity index (χ2n) is 6.92. The normalized spacial score (nSPS) is 15.3. The molecule has 28 heavy (non-hydrogen) atoms. The van der Waals surface area contributed by atoms with E-state index in [4.69, 9.17) is 4.74 Å². The SMILES string of the molecule is CC(=O)CCC(=O)OCC(=O)N1CCN(S(=O)(=O)c2cc(C)ccc2C)CC1. The molecule has 0 radical (unpaired) electrons. The Morgan fingerprint density at radius 2 is 1.68 bits per heavy atom. The average Bonchev–Trinajstić information content (AvgIpc) is 2.66. The van der Waals surface area contributed by atoms with Gasteiger partial charge in [0.25, 0.3) is 5.91 Å². The number of nitrogens with zero attached hydrogens (tertiary/aromatic N) is 2. The number of ether oxygens (including phenoxy) is 1. The zero-order valence-corrected chi connectivity index (χ0v) is 17.3. The van der Waals surface area contributed by atoms with Gasteiger partial charge in [-0.15, -0.1) is 0 Å². The van der Waals surface area contributed by atoms with Crippen LogP contribution in [-0.2, 0) is 29.1 Å². The van der Waals surface area contributed by atoms with Crippen LogP contribution in [0.25, 0.3) is 0 Å². The second kappa shape index (κ2) is 9.29. The first-order valence-electron chi connectivity index (χ1n) is 9.11. The van der Waals surface area contributed by atoms with E-state index >= 15 is 0 Å². The van der Waals surface area contributed by atoms with Crippen molar-refractivity contribution in [2.75, 3.05) is 32.8 Å². The molecule has 1 aromatic rings. The quantitative estimate of drug-likeness (QED) is 0.623. The molecule has 0 aliphatic carbocycles. The third-order valence-electron chi connectivity index (χ3n) is 4.59. The lowest BCUT2D eigenvalue weighted by molar-refractivity contribution is -0.152. The molecule has 1 aromatic carbocycles. The van der Waals surface area contributed by atoms with Gasteiger partial charge in [-0.1, -0.05) is 12.1 Å². The summed E-state index contributed by atoms with van der Waals surface area (Å²) in [5.74, 6) is -1.09. The van der Waals surface area contributed by atoms with Crippen LogP contribution in [0.5, 0.6) is 0 Å². The molecule has 0 bridgehead atoms. The Balaban J connectivity index is 1.89. The molecule has 9 heteroatoms. The topological polar surface area (TPSA) is 101 Å². The van der Waals surface area contributed by atoms with E-state index in [-0.39, 0.29) is 55.6 Å². The number of rotatable bonds is 7. The molecule has 0 aromatic heterocycles. The molecular weight excluding hydrogens is 384 g/mol. The molecule has 8 nitrogen and oxygen atoms in total. The van der Waals surface area contributed by atoms with Gasteiger partial charge in [-0.3, -0.25) is 9.59 Å². The summed E-state index contributed by atoms with van der Waals surface area (Å²) < 4.78 is 32.1. The molecule has 1 saturated heterocycles.